The molecule has 0 spiro atoms. The predicted molar refractivity (Wildman–Crippen MR) is 70.4 cm³/mol. The number of piperidine rings is 1. The van der Waals surface area contributed by atoms with E-state index in [4.69, 9.17) is 10.2 Å². The van der Waals surface area contributed by atoms with Crippen LogP contribution in [0.4, 0.5) is 9.59 Å². The molecule has 6 nitrogen and oxygen atoms in total. The van der Waals surface area contributed by atoms with Crippen molar-refractivity contribution in [3.05, 3.63) is 35.9 Å². The fourth-order valence-corrected chi connectivity index (χ4v) is 3.27. The second kappa shape index (κ2) is 4.79. The summed E-state index contributed by atoms with van der Waals surface area (Å²) in [6.07, 6.45) is -2.74. The number of benzene rings is 1. The lowest BCUT2D eigenvalue weighted by molar-refractivity contribution is 0.111. The fourth-order valence-electron chi connectivity index (χ4n) is 3.27. The summed E-state index contributed by atoms with van der Waals surface area (Å²) in [5.74, 6) is 0.317. The maximum Gasteiger partial charge on any atom is 0.417 e. The van der Waals surface area contributed by atoms with E-state index in [2.05, 4.69) is 17.0 Å². The first-order valence-electron chi connectivity index (χ1n) is 6.59. The molecule has 1 saturated carbocycles. The quantitative estimate of drug-likeness (QED) is 0.879. The number of likely N-dealkylation sites (tertiary alicyclic amines) is 1. The average molecular weight is 276 g/mol. The second-order valence-corrected chi connectivity index (χ2v) is 5.43. The molecule has 2 amide bonds. The highest BCUT2D eigenvalue weighted by Gasteiger charge is 2.61. The van der Waals surface area contributed by atoms with Crippen LogP contribution in [0.5, 0.6) is 0 Å². The van der Waals surface area contributed by atoms with Crippen molar-refractivity contribution in [2.45, 2.75) is 12.6 Å². The summed E-state index contributed by atoms with van der Waals surface area (Å²) in [5, 5.41) is 17.9. The van der Waals surface area contributed by atoms with Crippen molar-refractivity contribution in [2.24, 2.45) is 11.8 Å². The first kappa shape index (κ1) is 12.9. The van der Waals surface area contributed by atoms with E-state index in [0.717, 1.165) is 19.6 Å². The molecule has 20 heavy (non-hydrogen) atoms. The number of carboxylic acid groups (broad SMARTS) is 2. The molecular weight excluding hydrogens is 260 g/mol. The summed E-state index contributed by atoms with van der Waals surface area (Å²) in [5.41, 5.74) is 1.22. The second-order valence-electron chi connectivity index (χ2n) is 5.43. The molecule has 0 radical (unpaired) electrons. The number of fused-ring (bicyclic) bond motifs is 1. The number of carbonyl (C=O) groups is 2. The lowest BCUT2D eigenvalue weighted by atomic mass is 10.2. The van der Waals surface area contributed by atoms with Gasteiger partial charge in [-0.05, 0) is 17.4 Å². The van der Waals surface area contributed by atoms with Gasteiger partial charge in [0.25, 0.3) is 0 Å². The van der Waals surface area contributed by atoms with E-state index in [9.17, 15) is 9.59 Å². The van der Waals surface area contributed by atoms with Crippen molar-refractivity contribution in [3.63, 3.8) is 0 Å². The van der Waals surface area contributed by atoms with Gasteiger partial charge in [-0.3, -0.25) is 4.90 Å². The van der Waals surface area contributed by atoms with Gasteiger partial charge in [-0.1, -0.05) is 30.3 Å². The normalized spacial score (nSPS) is 27.9. The molecule has 0 aromatic heterocycles. The van der Waals surface area contributed by atoms with E-state index in [1.807, 2.05) is 18.2 Å². The molecule has 0 bridgehead atoms. The molecule has 3 atom stereocenters. The van der Waals surface area contributed by atoms with Crippen molar-refractivity contribution in [1.82, 2.24) is 9.80 Å². The lowest BCUT2D eigenvalue weighted by Crippen LogP contribution is -2.41. The van der Waals surface area contributed by atoms with Crippen molar-refractivity contribution in [3.8, 4) is 0 Å². The molecule has 1 aromatic rings. The molecular formula is C14H16N2O4. The largest absolute Gasteiger partial charge is 0.465 e. The number of amides is 2. The molecule has 2 aliphatic rings. The molecule has 2 fully saturated rings. The third-order valence-electron chi connectivity index (χ3n) is 4.18. The first-order valence-corrected chi connectivity index (χ1v) is 6.59. The third-order valence-corrected chi connectivity index (χ3v) is 4.18. The summed E-state index contributed by atoms with van der Waals surface area (Å²) in [7, 11) is 0. The van der Waals surface area contributed by atoms with Crippen LogP contribution in [0.1, 0.15) is 5.56 Å². The molecule has 2 N–H and O–H groups in total. The highest BCUT2D eigenvalue weighted by molar-refractivity contribution is 5.86. The van der Waals surface area contributed by atoms with Crippen molar-refractivity contribution < 1.29 is 19.8 Å². The monoisotopic (exact) mass is 276 g/mol. The zero-order valence-electron chi connectivity index (χ0n) is 10.8. The van der Waals surface area contributed by atoms with Crippen LogP contribution in [-0.4, -0.2) is 51.3 Å². The summed E-state index contributed by atoms with van der Waals surface area (Å²) >= 11 is 0. The van der Waals surface area contributed by atoms with E-state index >= 15 is 0 Å². The van der Waals surface area contributed by atoms with Crippen LogP contribution in [0, 0.1) is 11.8 Å². The van der Waals surface area contributed by atoms with Gasteiger partial charge in [-0.15, -0.1) is 0 Å². The van der Waals surface area contributed by atoms with Gasteiger partial charge < -0.3 is 10.2 Å². The van der Waals surface area contributed by atoms with Crippen LogP contribution in [-0.2, 0) is 6.54 Å². The molecule has 1 saturated heterocycles. The van der Waals surface area contributed by atoms with Gasteiger partial charge in [0.2, 0.25) is 0 Å². The van der Waals surface area contributed by atoms with Gasteiger partial charge in [0, 0.05) is 19.6 Å². The first-order chi connectivity index (χ1) is 9.58. The molecule has 3 rings (SSSR count). The van der Waals surface area contributed by atoms with Gasteiger partial charge >= 0.3 is 12.2 Å². The van der Waals surface area contributed by atoms with E-state index in [1.54, 1.807) is 0 Å². The molecule has 106 valence electrons. The minimum atomic E-state index is -1.37. The van der Waals surface area contributed by atoms with Gasteiger partial charge in [0.05, 0.1) is 6.04 Å². The Labute approximate surface area is 116 Å². The lowest BCUT2D eigenvalue weighted by Gasteiger charge is -2.22. The standard InChI is InChI=1S/C14H16N2O4/c17-13(18)16(14(19)20)12-10-7-15(8-11(10)12)6-9-4-2-1-3-5-9/h1-5,10-12H,6-8H2,(H,17,18)(H,19,20)/t10-,11+,12?. The van der Waals surface area contributed by atoms with Crippen molar-refractivity contribution in [2.75, 3.05) is 13.1 Å². The summed E-state index contributed by atoms with van der Waals surface area (Å²) < 4.78 is 0. The number of imide groups is 1. The van der Waals surface area contributed by atoms with Crippen LogP contribution in [0.25, 0.3) is 0 Å². The van der Waals surface area contributed by atoms with Gasteiger partial charge in [-0.2, -0.15) is 0 Å². The maximum absolute atomic E-state index is 11.0. The van der Waals surface area contributed by atoms with E-state index in [-0.39, 0.29) is 17.9 Å². The topological polar surface area (TPSA) is 81.1 Å². The van der Waals surface area contributed by atoms with Crippen LogP contribution < -0.4 is 0 Å². The van der Waals surface area contributed by atoms with E-state index in [1.165, 1.54) is 5.56 Å². The molecule has 1 aliphatic carbocycles. The fraction of sp³-hybridized carbons (Fsp3) is 0.429. The molecule has 1 unspecified atom stereocenters. The Hall–Kier alpha value is -2.08. The average Bonchev–Trinajstić information content (AvgIpc) is 2.85. The summed E-state index contributed by atoms with van der Waals surface area (Å²) in [6.45, 7) is 2.36. The van der Waals surface area contributed by atoms with Crippen LogP contribution >= 0.6 is 0 Å². The Balaban J connectivity index is 1.58. The molecule has 1 heterocycles. The SMILES string of the molecule is O=C(O)N(C(=O)O)C1[C@H]2CN(Cc3ccccc3)C[C@@H]12. The van der Waals surface area contributed by atoms with Crippen LogP contribution in [0.2, 0.25) is 0 Å². The third kappa shape index (κ3) is 2.22. The zero-order chi connectivity index (χ0) is 14.3. The van der Waals surface area contributed by atoms with Crippen molar-refractivity contribution in [1.29, 1.82) is 0 Å². The molecule has 1 aromatic carbocycles. The number of hydrogen-bond donors (Lipinski definition) is 2. The number of rotatable bonds is 3. The minimum Gasteiger partial charge on any atom is -0.465 e. The van der Waals surface area contributed by atoms with Crippen LogP contribution in [0.3, 0.4) is 0 Å². The zero-order valence-corrected chi connectivity index (χ0v) is 10.8. The van der Waals surface area contributed by atoms with E-state index in [0.29, 0.717) is 4.90 Å². The predicted octanol–water partition coefficient (Wildman–Crippen LogP) is 1.77. The maximum atomic E-state index is 11.0. The number of hydrogen-bond acceptors (Lipinski definition) is 3. The van der Waals surface area contributed by atoms with Gasteiger partial charge in [0.1, 0.15) is 0 Å². The smallest absolute Gasteiger partial charge is 0.417 e. The Morgan fingerprint density at radius 1 is 1.10 bits per heavy atom. The van der Waals surface area contributed by atoms with Crippen molar-refractivity contribution >= 4 is 12.2 Å². The highest BCUT2D eigenvalue weighted by Crippen LogP contribution is 2.49. The molecule has 6 heteroatoms. The van der Waals surface area contributed by atoms with Gasteiger partial charge in [0.15, 0.2) is 0 Å². The number of nitrogens with zero attached hydrogens (tertiary/aromatic N) is 2. The summed E-state index contributed by atoms with van der Waals surface area (Å²) in [4.78, 5) is 24.7. The highest BCUT2D eigenvalue weighted by atomic mass is 16.4. The minimum absolute atomic E-state index is 0.158. The van der Waals surface area contributed by atoms with Crippen LogP contribution in [0.15, 0.2) is 30.3 Å². The Morgan fingerprint density at radius 2 is 1.65 bits per heavy atom. The molecule has 1 aliphatic heterocycles. The summed E-state index contributed by atoms with van der Waals surface area (Å²) in [6, 6.07) is 9.72. The Bertz CT molecular complexity index is 507. The Morgan fingerprint density at radius 3 is 2.15 bits per heavy atom. The Kier molecular flexibility index (Phi) is 3.10. The van der Waals surface area contributed by atoms with Gasteiger partial charge in [-0.25, -0.2) is 14.5 Å². The van der Waals surface area contributed by atoms with E-state index < -0.39 is 12.2 Å².